The number of aliphatic imine (C=N–C) groups is 1. The molecule has 9 heteroatoms. The van der Waals surface area contributed by atoms with E-state index in [1.165, 1.54) is 0 Å². The number of guanidine groups is 1. The molecule has 1 aliphatic rings. The van der Waals surface area contributed by atoms with Crippen LogP contribution >= 0.6 is 24.0 Å². The van der Waals surface area contributed by atoms with Gasteiger partial charge in [0.1, 0.15) is 6.54 Å². The molecule has 0 bridgehead atoms. The highest BCUT2D eigenvalue weighted by atomic mass is 127. The van der Waals surface area contributed by atoms with Crippen LogP contribution in [0, 0.1) is 0 Å². The summed E-state index contributed by atoms with van der Waals surface area (Å²) in [5.41, 5.74) is 0. The zero-order valence-corrected chi connectivity index (χ0v) is 17.2. The molecule has 2 amide bonds. The van der Waals surface area contributed by atoms with Crippen LogP contribution in [0.5, 0.6) is 0 Å². The topological polar surface area (TPSA) is 86.3 Å². The molecule has 1 heterocycles. The van der Waals surface area contributed by atoms with Crippen molar-refractivity contribution in [2.45, 2.75) is 27.2 Å². The lowest BCUT2D eigenvalue weighted by Gasteiger charge is -2.35. The van der Waals surface area contributed by atoms with Crippen LogP contribution in [0.2, 0.25) is 0 Å². The summed E-state index contributed by atoms with van der Waals surface area (Å²) in [7, 11) is 0. The third-order valence-corrected chi connectivity index (χ3v) is 3.38. The van der Waals surface area contributed by atoms with Crippen LogP contribution in [-0.4, -0.2) is 80.2 Å². The van der Waals surface area contributed by atoms with Crippen LogP contribution in [0.3, 0.4) is 0 Å². The molecule has 0 aromatic rings. The Balaban J connectivity index is 0.00000529. The predicted molar refractivity (Wildman–Crippen MR) is 105 cm³/mol. The van der Waals surface area contributed by atoms with Crippen LogP contribution in [0.4, 0.5) is 4.79 Å². The first-order chi connectivity index (χ1) is 11.1. The van der Waals surface area contributed by atoms with Gasteiger partial charge in [0.25, 0.3) is 0 Å². The Hall–Kier alpha value is -1.26. The van der Waals surface area contributed by atoms with Crippen molar-refractivity contribution in [3.63, 3.8) is 0 Å². The number of hydrogen-bond donors (Lipinski definition) is 2. The van der Waals surface area contributed by atoms with E-state index in [1.54, 1.807) is 11.8 Å². The van der Waals surface area contributed by atoms with Crippen LogP contribution in [0.1, 0.15) is 27.2 Å². The Morgan fingerprint density at radius 2 is 1.67 bits per heavy atom. The molecule has 0 unspecified atom stereocenters. The van der Waals surface area contributed by atoms with Gasteiger partial charge in [-0.2, -0.15) is 0 Å². The van der Waals surface area contributed by atoms with Crippen molar-refractivity contribution in [2.24, 2.45) is 4.99 Å². The van der Waals surface area contributed by atoms with Gasteiger partial charge in [-0.1, -0.05) is 6.92 Å². The van der Waals surface area contributed by atoms with Gasteiger partial charge in [0.15, 0.2) is 5.96 Å². The maximum Gasteiger partial charge on any atom is 0.409 e. The summed E-state index contributed by atoms with van der Waals surface area (Å²) in [6, 6.07) is 0. The Kier molecular flexibility index (Phi) is 12.4. The van der Waals surface area contributed by atoms with Crippen LogP contribution in [0.15, 0.2) is 4.99 Å². The van der Waals surface area contributed by atoms with Gasteiger partial charge in [-0.3, -0.25) is 4.79 Å². The van der Waals surface area contributed by atoms with E-state index in [0.29, 0.717) is 45.3 Å². The highest BCUT2D eigenvalue weighted by Crippen LogP contribution is 2.04. The summed E-state index contributed by atoms with van der Waals surface area (Å²) in [6.07, 6.45) is 0.638. The number of nitrogens with one attached hydrogen (secondary N) is 2. The van der Waals surface area contributed by atoms with Crippen molar-refractivity contribution in [2.75, 3.05) is 52.4 Å². The molecule has 140 valence electrons. The van der Waals surface area contributed by atoms with Crippen LogP contribution in [-0.2, 0) is 9.53 Å². The van der Waals surface area contributed by atoms with E-state index in [4.69, 9.17) is 4.74 Å². The standard InChI is InChI=1S/C15H29N5O3.HI/c1-4-7-17-13(21)12-18-14(16-5-2)19-8-10-20(11-9-19)15(22)23-6-3;/h4-12H2,1-3H3,(H,16,18)(H,17,21);1H. The highest BCUT2D eigenvalue weighted by Gasteiger charge is 2.23. The summed E-state index contributed by atoms with van der Waals surface area (Å²) in [4.78, 5) is 31.5. The van der Waals surface area contributed by atoms with Crippen molar-refractivity contribution in [3.8, 4) is 0 Å². The van der Waals surface area contributed by atoms with E-state index in [9.17, 15) is 9.59 Å². The molecule has 1 rings (SSSR count). The Bertz CT molecular complexity index is 412. The second kappa shape index (κ2) is 13.1. The fourth-order valence-corrected chi connectivity index (χ4v) is 2.21. The molecule has 1 saturated heterocycles. The number of hydrogen-bond acceptors (Lipinski definition) is 4. The molecule has 0 spiro atoms. The zero-order chi connectivity index (χ0) is 17.1. The first-order valence-electron chi connectivity index (χ1n) is 8.33. The molecule has 2 N–H and O–H groups in total. The van der Waals surface area contributed by atoms with E-state index in [2.05, 4.69) is 20.5 Å². The normalized spacial score (nSPS) is 14.7. The molecule has 1 fully saturated rings. The molecular formula is C15H30IN5O3. The monoisotopic (exact) mass is 455 g/mol. The molecule has 0 saturated carbocycles. The van der Waals surface area contributed by atoms with E-state index in [0.717, 1.165) is 13.0 Å². The zero-order valence-electron chi connectivity index (χ0n) is 14.8. The number of rotatable bonds is 6. The molecule has 24 heavy (non-hydrogen) atoms. The van der Waals surface area contributed by atoms with Crippen molar-refractivity contribution >= 4 is 41.9 Å². The lowest BCUT2D eigenvalue weighted by molar-refractivity contribution is -0.119. The van der Waals surface area contributed by atoms with Crippen molar-refractivity contribution in [1.82, 2.24) is 20.4 Å². The Morgan fingerprint density at radius 1 is 1.04 bits per heavy atom. The van der Waals surface area contributed by atoms with Gasteiger partial charge in [0.05, 0.1) is 6.61 Å². The van der Waals surface area contributed by atoms with E-state index in [1.807, 2.05) is 13.8 Å². The number of halogens is 1. The summed E-state index contributed by atoms with van der Waals surface area (Å²) >= 11 is 0. The Morgan fingerprint density at radius 3 is 2.21 bits per heavy atom. The number of amides is 2. The van der Waals surface area contributed by atoms with Crippen LogP contribution in [0.25, 0.3) is 0 Å². The molecule has 0 radical (unpaired) electrons. The minimum absolute atomic E-state index is 0. The molecule has 1 aliphatic heterocycles. The fourth-order valence-electron chi connectivity index (χ4n) is 2.21. The van der Waals surface area contributed by atoms with Gasteiger partial charge >= 0.3 is 6.09 Å². The summed E-state index contributed by atoms with van der Waals surface area (Å²) in [6.45, 7) is 10.2. The molecular weight excluding hydrogens is 425 g/mol. The lowest BCUT2D eigenvalue weighted by Crippen LogP contribution is -2.54. The second-order valence-electron chi connectivity index (χ2n) is 5.19. The first-order valence-corrected chi connectivity index (χ1v) is 8.33. The largest absolute Gasteiger partial charge is 0.450 e. The van der Waals surface area contributed by atoms with Gasteiger partial charge in [-0.25, -0.2) is 9.79 Å². The third-order valence-electron chi connectivity index (χ3n) is 3.38. The highest BCUT2D eigenvalue weighted by molar-refractivity contribution is 14.0. The SMILES string of the molecule is CCCNC(=O)CN=C(NCC)N1CCN(C(=O)OCC)CC1.I. The fraction of sp³-hybridized carbons (Fsp3) is 0.800. The minimum atomic E-state index is -0.270. The average Bonchev–Trinajstić information content (AvgIpc) is 2.57. The molecule has 0 aromatic heterocycles. The summed E-state index contributed by atoms with van der Waals surface area (Å²) in [5.74, 6) is 0.634. The lowest BCUT2D eigenvalue weighted by atomic mass is 10.3. The molecule has 0 aliphatic carbocycles. The molecule has 8 nitrogen and oxygen atoms in total. The van der Waals surface area contributed by atoms with E-state index in [-0.39, 0.29) is 42.5 Å². The van der Waals surface area contributed by atoms with Crippen molar-refractivity contribution in [1.29, 1.82) is 0 Å². The summed E-state index contributed by atoms with van der Waals surface area (Å²) in [5, 5.41) is 6.00. The van der Waals surface area contributed by atoms with Crippen molar-refractivity contribution < 1.29 is 14.3 Å². The first kappa shape index (κ1) is 22.7. The maximum atomic E-state index is 11.7. The number of carbonyl (C=O) groups excluding carboxylic acids is 2. The van der Waals surface area contributed by atoms with Gasteiger partial charge in [0.2, 0.25) is 5.91 Å². The predicted octanol–water partition coefficient (Wildman–Crippen LogP) is 0.870. The minimum Gasteiger partial charge on any atom is -0.450 e. The quantitative estimate of drug-likeness (QED) is 0.353. The molecule has 0 atom stereocenters. The smallest absolute Gasteiger partial charge is 0.409 e. The maximum absolute atomic E-state index is 11.7. The van der Waals surface area contributed by atoms with Crippen molar-refractivity contribution in [3.05, 3.63) is 0 Å². The third kappa shape index (κ3) is 8.02. The molecule has 0 aromatic carbocycles. The number of nitrogens with zero attached hydrogens (tertiary/aromatic N) is 3. The van der Waals surface area contributed by atoms with Gasteiger partial charge in [-0.15, -0.1) is 24.0 Å². The van der Waals surface area contributed by atoms with E-state index >= 15 is 0 Å². The second-order valence-corrected chi connectivity index (χ2v) is 5.19. The Labute approximate surface area is 161 Å². The number of piperazine rings is 1. The average molecular weight is 455 g/mol. The number of ether oxygens (including phenoxy) is 1. The van der Waals surface area contributed by atoms with Crippen LogP contribution < -0.4 is 10.6 Å². The summed E-state index contributed by atoms with van der Waals surface area (Å²) < 4.78 is 5.01. The van der Waals surface area contributed by atoms with Gasteiger partial charge < -0.3 is 25.2 Å². The van der Waals surface area contributed by atoms with Gasteiger partial charge in [-0.05, 0) is 20.3 Å². The number of carbonyl (C=O) groups is 2. The van der Waals surface area contributed by atoms with E-state index < -0.39 is 0 Å². The van der Waals surface area contributed by atoms with Gasteiger partial charge in [0, 0.05) is 39.3 Å².